The van der Waals surface area contributed by atoms with Crippen LogP contribution in [0.2, 0.25) is 0 Å². The Morgan fingerprint density at radius 2 is 2.29 bits per heavy atom. The van der Waals surface area contributed by atoms with Gasteiger partial charge >= 0.3 is 95.5 Å². The van der Waals surface area contributed by atoms with E-state index in [9.17, 15) is 4.79 Å². The number of carbonyl (C=O) groups excluding carboxylic acids is 1. The number of halogens is 1. The van der Waals surface area contributed by atoms with Crippen LogP contribution in [0.3, 0.4) is 0 Å². The predicted molar refractivity (Wildman–Crippen MR) is 48.9 cm³/mol. The van der Waals surface area contributed by atoms with E-state index in [4.69, 9.17) is 5.26 Å². The van der Waals surface area contributed by atoms with Gasteiger partial charge in [-0.05, 0) is 0 Å². The van der Waals surface area contributed by atoms with E-state index in [1.54, 1.807) is 0 Å². The Morgan fingerprint density at radius 1 is 1.64 bits per heavy atom. The molecule has 0 rings (SSSR count). The van der Waals surface area contributed by atoms with Gasteiger partial charge in [0.2, 0.25) is 0 Å². The van der Waals surface area contributed by atoms with E-state index in [2.05, 4.69) is 15.7 Å². The molecule has 0 aliphatic rings. The van der Waals surface area contributed by atoms with Crippen molar-refractivity contribution in [2.24, 2.45) is 5.92 Å². The van der Waals surface area contributed by atoms with Crippen molar-refractivity contribution < 1.29 is 30.7 Å². The minimum atomic E-state index is -0.123. The van der Waals surface area contributed by atoms with Crippen LogP contribution in [-0.2, 0) is 9.53 Å². The first-order chi connectivity index (χ1) is 6.63. The molecule has 1 unspecified atom stereocenters. The summed E-state index contributed by atoms with van der Waals surface area (Å²) in [6.07, 6.45) is 0. The molecule has 0 aromatic heterocycles. The monoisotopic (exact) mass is 311 g/mol. The molecule has 0 amide bonds. The topological polar surface area (TPSA) is 53.3 Å². The summed E-state index contributed by atoms with van der Waals surface area (Å²) >= 11 is -0.123. The molecule has 0 aliphatic carbocycles. The van der Waals surface area contributed by atoms with Gasteiger partial charge in [-0.15, -0.1) is 0 Å². The van der Waals surface area contributed by atoms with Crippen LogP contribution < -0.4 is 21.2 Å². The van der Waals surface area contributed by atoms with Gasteiger partial charge < -0.3 is 0 Å². The maximum absolute atomic E-state index is 9.88. The Morgan fingerprint density at radius 3 is 2.79 bits per heavy atom. The van der Waals surface area contributed by atoms with Gasteiger partial charge in [-0.1, -0.05) is 0 Å². The van der Waals surface area contributed by atoms with Crippen LogP contribution in [0.15, 0.2) is 0 Å². The number of rotatable bonds is 7. The molecule has 0 radical (unpaired) electrons. The van der Waals surface area contributed by atoms with Gasteiger partial charge in [-0.25, -0.2) is 0 Å². The van der Waals surface area contributed by atoms with Crippen molar-refractivity contribution in [2.75, 3.05) is 16.2 Å². The van der Waals surface area contributed by atoms with Crippen molar-refractivity contribution in [1.29, 1.82) is 5.26 Å². The summed E-state index contributed by atoms with van der Waals surface area (Å²) in [6, 6.07) is 2.49. The predicted octanol–water partition coefficient (Wildman–Crippen LogP) is -2.36. The zero-order valence-corrected chi connectivity index (χ0v) is 10.9. The molecule has 4 nitrogen and oxygen atoms in total. The zero-order valence-electron chi connectivity index (χ0n) is 8.74. The summed E-state index contributed by atoms with van der Waals surface area (Å²) in [5.41, 5.74) is 0. The number of hydrogen-bond donors (Lipinski definition) is 0. The number of hydrogen-bond acceptors (Lipinski definition) is 4. The first kappa shape index (κ1) is 13.7. The Hall–Kier alpha value is -0.350. The summed E-state index contributed by atoms with van der Waals surface area (Å²) in [6.45, 7) is 4.45. The summed E-state index contributed by atoms with van der Waals surface area (Å²) in [7, 11) is 2.00. The first-order valence-corrected chi connectivity index (χ1v) is 7.37. The van der Waals surface area contributed by atoms with E-state index in [1.165, 1.54) is 0 Å². The fourth-order valence-corrected chi connectivity index (χ4v) is 2.82. The molecule has 0 aromatic rings. The van der Waals surface area contributed by atoms with Crippen molar-refractivity contribution in [3.8, 4) is 6.07 Å². The van der Waals surface area contributed by atoms with Crippen LogP contribution in [0.1, 0.15) is 13.8 Å². The molecular weight excluding hydrogens is 295 g/mol. The van der Waals surface area contributed by atoms with Gasteiger partial charge in [-0.3, -0.25) is 0 Å². The van der Waals surface area contributed by atoms with E-state index in [1.807, 2.05) is 20.9 Å². The molecule has 0 saturated carbocycles. The van der Waals surface area contributed by atoms with Gasteiger partial charge in [0.1, 0.15) is 0 Å². The van der Waals surface area contributed by atoms with Crippen LogP contribution in [0.4, 0.5) is 0 Å². The number of nitriles is 1. The van der Waals surface area contributed by atoms with E-state index in [-0.39, 0.29) is 33.2 Å². The average molecular weight is 311 g/mol. The fraction of sp³-hybridized carbons (Fsp3) is 0.778. The molecule has 0 aliphatic heterocycles. The normalized spacial score (nSPS) is 14.8. The van der Waals surface area contributed by atoms with E-state index < -0.39 is 0 Å². The molecule has 0 aromatic carbocycles. The molecule has 14 heavy (non-hydrogen) atoms. The van der Waals surface area contributed by atoms with Crippen molar-refractivity contribution in [2.45, 2.75) is 19.9 Å². The third-order valence-corrected chi connectivity index (χ3v) is 4.46. The second kappa shape index (κ2) is 8.00. The molecule has 0 bridgehead atoms. The van der Waals surface area contributed by atoms with Gasteiger partial charge in [0.15, 0.2) is 0 Å². The summed E-state index contributed by atoms with van der Waals surface area (Å²) in [5, 5.41) is 8.73. The van der Waals surface area contributed by atoms with E-state index in [0.717, 1.165) is 4.55 Å². The second-order valence-corrected chi connectivity index (χ2v) is 5.48. The zero-order chi connectivity index (χ0) is 11.0. The van der Waals surface area contributed by atoms with E-state index >= 15 is 0 Å². The van der Waals surface area contributed by atoms with Gasteiger partial charge in [0.25, 0.3) is 0 Å². The van der Waals surface area contributed by atoms with Crippen LogP contribution in [0.25, 0.3) is 0 Å². The molecule has 2 atom stereocenters. The van der Waals surface area contributed by atoms with Gasteiger partial charge in [0.05, 0.1) is 0 Å². The minimum absolute atomic E-state index is 0.0380. The van der Waals surface area contributed by atoms with E-state index in [0.29, 0.717) is 11.1 Å². The Labute approximate surface area is 95.5 Å². The van der Waals surface area contributed by atoms with Crippen molar-refractivity contribution in [3.63, 3.8) is 0 Å². The van der Waals surface area contributed by atoms with Crippen LogP contribution >= 0.6 is 0 Å². The average Bonchev–Trinajstić information content (AvgIpc) is 2.21. The molecule has 82 valence electrons. The summed E-state index contributed by atoms with van der Waals surface area (Å²) in [4.78, 5) is 12.0. The first-order valence-electron chi connectivity index (χ1n) is 4.32. The van der Waals surface area contributed by atoms with Crippen molar-refractivity contribution in [3.05, 3.63) is 0 Å². The molecule has 0 fully saturated rings. The number of alkyl halides is 2. The Balaban J connectivity index is 3.67. The van der Waals surface area contributed by atoms with Crippen LogP contribution in [-0.4, -0.2) is 33.6 Å². The fourth-order valence-electron chi connectivity index (χ4n) is 0.837. The molecule has 0 spiro atoms. The Bertz CT molecular complexity index is 205. The number of carbonyl (C=O) groups is 1. The second-order valence-electron chi connectivity index (χ2n) is 3.10. The maximum atomic E-state index is 9.88. The third-order valence-electron chi connectivity index (χ3n) is 2.10. The molecule has 5 heteroatoms. The van der Waals surface area contributed by atoms with Crippen molar-refractivity contribution in [1.82, 2.24) is 4.90 Å². The van der Waals surface area contributed by atoms with Crippen molar-refractivity contribution >= 4 is 6.47 Å². The Kier molecular flexibility index (Phi) is 7.80. The SMILES string of the molecule is CC([C@H](C)C#N)N(C)C[I-]COC=O. The standard InChI is InChI=1S/C9H16IN2O2/c1-8(4-11)9(2)12(3)5-10-6-14-7-13/h7-9H,5-6H2,1-3H3/q-1/t8-,9?/m1/s1. The van der Waals surface area contributed by atoms with Gasteiger partial charge in [0, 0.05) is 0 Å². The summed E-state index contributed by atoms with van der Waals surface area (Å²) < 4.78 is 6.13. The quantitative estimate of drug-likeness (QED) is 0.174. The molecular formula is C9H16IN2O2-. The van der Waals surface area contributed by atoms with Crippen LogP contribution in [0, 0.1) is 17.2 Å². The third kappa shape index (κ3) is 5.40. The van der Waals surface area contributed by atoms with Crippen LogP contribution in [0.5, 0.6) is 0 Å². The number of nitrogens with zero attached hydrogens (tertiary/aromatic N) is 2. The summed E-state index contributed by atoms with van der Waals surface area (Å²) in [5.74, 6) is 0.0380. The van der Waals surface area contributed by atoms with Gasteiger partial charge in [-0.2, -0.15) is 0 Å². The molecule has 0 saturated heterocycles. The number of ether oxygens (including phenoxy) is 1. The molecule has 0 N–H and O–H groups in total. The molecule has 0 heterocycles.